The van der Waals surface area contributed by atoms with Crippen molar-refractivity contribution in [3.63, 3.8) is 0 Å². The van der Waals surface area contributed by atoms with Gasteiger partial charge >= 0.3 is 0 Å². The van der Waals surface area contributed by atoms with Gasteiger partial charge in [-0.3, -0.25) is 4.98 Å². The van der Waals surface area contributed by atoms with Gasteiger partial charge in [0.2, 0.25) is 15.0 Å². The summed E-state index contributed by atoms with van der Waals surface area (Å²) in [5, 5.41) is -0.174. The minimum absolute atomic E-state index is 0.118. The fourth-order valence-electron chi connectivity index (χ4n) is 2.46. The van der Waals surface area contributed by atoms with Crippen LogP contribution in [-0.2, 0) is 14.6 Å². The molecule has 122 valence electrons. The number of anilines is 1. The monoisotopic (exact) mass is 334 g/mol. The van der Waals surface area contributed by atoms with Gasteiger partial charge in [-0.25, -0.2) is 18.4 Å². The number of nitrogens with zero attached hydrogens (tertiary/aromatic N) is 4. The summed E-state index contributed by atoms with van der Waals surface area (Å²) in [6.45, 7) is 3.85. The van der Waals surface area contributed by atoms with E-state index in [2.05, 4.69) is 15.0 Å². The van der Waals surface area contributed by atoms with Crippen LogP contribution in [0.15, 0.2) is 35.7 Å². The third-order valence-electron chi connectivity index (χ3n) is 3.64. The molecular weight excluding hydrogens is 316 g/mol. The fourth-order valence-corrected chi connectivity index (χ4v) is 2.98. The van der Waals surface area contributed by atoms with Gasteiger partial charge in [-0.05, 0) is 19.1 Å². The van der Waals surface area contributed by atoms with Gasteiger partial charge in [0.1, 0.15) is 5.82 Å². The Morgan fingerprint density at radius 3 is 2.83 bits per heavy atom. The summed E-state index contributed by atoms with van der Waals surface area (Å²) >= 11 is 0. The lowest BCUT2D eigenvalue weighted by Gasteiger charge is -2.34. The Hall–Kier alpha value is -2.06. The van der Waals surface area contributed by atoms with Crippen LogP contribution in [0, 0.1) is 0 Å². The fraction of sp³-hybridized carbons (Fsp3) is 0.400. The standard InChI is InChI=1S/C15H18N4O3S/c1-11-10-22-7-6-19(11)14-8-13(12-4-3-5-16-9-12)17-15(18-14)23(2,20)21/h3-5,8-9,11H,6-7,10H2,1-2H3. The van der Waals surface area contributed by atoms with Crippen LogP contribution >= 0.6 is 0 Å². The zero-order valence-corrected chi connectivity index (χ0v) is 13.8. The zero-order chi connectivity index (χ0) is 16.4. The van der Waals surface area contributed by atoms with Crippen LogP contribution in [0.3, 0.4) is 0 Å². The van der Waals surface area contributed by atoms with Crippen molar-refractivity contribution in [2.24, 2.45) is 0 Å². The molecule has 0 N–H and O–H groups in total. The second-order valence-corrected chi connectivity index (χ2v) is 7.43. The van der Waals surface area contributed by atoms with Gasteiger partial charge in [-0.1, -0.05) is 0 Å². The van der Waals surface area contributed by atoms with Crippen LogP contribution in [0.4, 0.5) is 5.82 Å². The van der Waals surface area contributed by atoms with Crippen molar-refractivity contribution in [3.05, 3.63) is 30.6 Å². The minimum atomic E-state index is -3.51. The predicted molar refractivity (Wildman–Crippen MR) is 86.0 cm³/mol. The Balaban J connectivity index is 2.12. The molecule has 0 radical (unpaired) electrons. The molecule has 23 heavy (non-hydrogen) atoms. The smallest absolute Gasteiger partial charge is 0.249 e. The quantitative estimate of drug-likeness (QED) is 0.779. The summed E-state index contributed by atoms with van der Waals surface area (Å²) in [6.07, 6.45) is 4.43. The Labute approximate surface area is 135 Å². The molecule has 0 spiro atoms. The first-order valence-corrected chi connectivity index (χ1v) is 9.18. The summed E-state index contributed by atoms with van der Waals surface area (Å²) in [6, 6.07) is 5.54. The molecule has 0 bridgehead atoms. The molecule has 3 rings (SSSR count). The van der Waals surface area contributed by atoms with Crippen molar-refractivity contribution >= 4 is 15.7 Å². The van der Waals surface area contributed by atoms with Crippen molar-refractivity contribution < 1.29 is 13.2 Å². The van der Waals surface area contributed by atoms with E-state index < -0.39 is 9.84 Å². The highest BCUT2D eigenvalue weighted by Gasteiger charge is 2.23. The normalized spacial score (nSPS) is 18.9. The van der Waals surface area contributed by atoms with Crippen LogP contribution in [0.25, 0.3) is 11.3 Å². The van der Waals surface area contributed by atoms with E-state index in [4.69, 9.17) is 4.74 Å². The van der Waals surface area contributed by atoms with Crippen LogP contribution in [0.2, 0.25) is 0 Å². The van der Waals surface area contributed by atoms with Gasteiger partial charge in [-0.2, -0.15) is 0 Å². The Kier molecular flexibility index (Phi) is 4.27. The van der Waals surface area contributed by atoms with Gasteiger partial charge in [0.05, 0.1) is 24.9 Å². The molecule has 8 heteroatoms. The highest BCUT2D eigenvalue weighted by molar-refractivity contribution is 7.90. The first-order valence-electron chi connectivity index (χ1n) is 7.29. The topological polar surface area (TPSA) is 85.3 Å². The third kappa shape index (κ3) is 3.48. The van der Waals surface area contributed by atoms with Gasteiger partial charge < -0.3 is 9.64 Å². The van der Waals surface area contributed by atoms with Crippen molar-refractivity contribution in [1.29, 1.82) is 0 Å². The Morgan fingerprint density at radius 2 is 2.17 bits per heavy atom. The second-order valence-electron chi connectivity index (χ2n) is 5.53. The molecular formula is C15H18N4O3S. The maximum Gasteiger partial charge on any atom is 0.249 e. The number of pyridine rings is 1. The average Bonchev–Trinajstić information content (AvgIpc) is 2.55. The first-order chi connectivity index (χ1) is 10.9. The molecule has 2 aromatic heterocycles. The molecule has 0 amide bonds. The van der Waals surface area contributed by atoms with E-state index in [1.807, 2.05) is 17.9 Å². The molecule has 1 unspecified atom stereocenters. The van der Waals surface area contributed by atoms with E-state index in [9.17, 15) is 8.42 Å². The molecule has 2 aromatic rings. The maximum absolute atomic E-state index is 11.9. The SMILES string of the molecule is CC1COCCN1c1cc(-c2cccnc2)nc(S(C)(=O)=O)n1. The summed E-state index contributed by atoms with van der Waals surface area (Å²) in [4.78, 5) is 14.6. The summed E-state index contributed by atoms with van der Waals surface area (Å²) in [5.74, 6) is 0.593. The highest BCUT2D eigenvalue weighted by Crippen LogP contribution is 2.25. The molecule has 0 aliphatic carbocycles. The second kappa shape index (κ2) is 6.21. The number of aromatic nitrogens is 3. The number of ether oxygens (including phenoxy) is 1. The van der Waals surface area contributed by atoms with Gasteiger partial charge in [0.25, 0.3) is 0 Å². The molecule has 0 aromatic carbocycles. The number of hydrogen-bond acceptors (Lipinski definition) is 7. The molecule has 3 heterocycles. The molecule has 1 fully saturated rings. The molecule has 1 aliphatic rings. The summed E-state index contributed by atoms with van der Waals surface area (Å²) in [5.41, 5.74) is 1.30. The number of sulfone groups is 1. The average molecular weight is 334 g/mol. The van der Waals surface area contributed by atoms with E-state index in [1.165, 1.54) is 0 Å². The molecule has 1 atom stereocenters. The number of hydrogen-bond donors (Lipinski definition) is 0. The molecule has 7 nitrogen and oxygen atoms in total. The Bertz CT molecular complexity index is 796. The predicted octanol–water partition coefficient (Wildman–Crippen LogP) is 1.17. The van der Waals surface area contributed by atoms with Crippen molar-refractivity contribution in [1.82, 2.24) is 15.0 Å². The van der Waals surface area contributed by atoms with E-state index in [1.54, 1.807) is 24.5 Å². The van der Waals surface area contributed by atoms with Gasteiger partial charge in [0.15, 0.2) is 0 Å². The maximum atomic E-state index is 11.9. The third-order valence-corrected chi connectivity index (χ3v) is 4.49. The van der Waals surface area contributed by atoms with Crippen molar-refractivity contribution in [2.75, 3.05) is 30.9 Å². The van der Waals surface area contributed by atoms with Crippen molar-refractivity contribution in [2.45, 2.75) is 18.1 Å². The van der Waals surface area contributed by atoms with Crippen molar-refractivity contribution in [3.8, 4) is 11.3 Å². The molecule has 0 saturated carbocycles. The number of rotatable bonds is 3. The molecule has 1 saturated heterocycles. The van der Waals surface area contributed by atoms with E-state index in [0.29, 0.717) is 31.3 Å². The minimum Gasteiger partial charge on any atom is -0.377 e. The highest BCUT2D eigenvalue weighted by atomic mass is 32.2. The van der Waals surface area contributed by atoms with Gasteiger partial charge in [-0.15, -0.1) is 0 Å². The van der Waals surface area contributed by atoms with E-state index >= 15 is 0 Å². The van der Waals surface area contributed by atoms with Crippen LogP contribution in [-0.4, -0.2) is 55.4 Å². The Morgan fingerprint density at radius 1 is 1.35 bits per heavy atom. The molecule has 1 aliphatic heterocycles. The van der Waals surface area contributed by atoms with Crippen LogP contribution in [0.1, 0.15) is 6.92 Å². The lowest BCUT2D eigenvalue weighted by molar-refractivity contribution is 0.0984. The largest absolute Gasteiger partial charge is 0.377 e. The van der Waals surface area contributed by atoms with Gasteiger partial charge in [0, 0.05) is 36.8 Å². The summed E-state index contributed by atoms with van der Waals surface area (Å²) < 4.78 is 29.3. The number of morpholine rings is 1. The summed E-state index contributed by atoms with van der Waals surface area (Å²) in [7, 11) is -3.51. The van der Waals surface area contributed by atoms with Crippen LogP contribution < -0.4 is 4.90 Å². The lowest BCUT2D eigenvalue weighted by Crippen LogP contribution is -2.44. The van der Waals surface area contributed by atoms with Crippen LogP contribution in [0.5, 0.6) is 0 Å². The van der Waals surface area contributed by atoms with E-state index in [-0.39, 0.29) is 11.2 Å². The first kappa shape index (κ1) is 15.8. The lowest BCUT2D eigenvalue weighted by atomic mass is 10.2. The zero-order valence-electron chi connectivity index (χ0n) is 13.0. The van der Waals surface area contributed by atoms with E-state index in [0.717, 1.165) is 11.8 Å².